The summed E-state index contributed by atoms with van der Waals surface area (Å²) in [6, 6.07) is 0. The Hall–Kier alpha value is -0.240. The summed E-state index contributed by atoms with van der Waals surface area (Å²) in [5.74, 6) is 0. The molecule has 0 amide bonds. The second-order valence-electron chi connectivity index (χ2n) is 4.13. The average molecular weight is 296 g/mol. The van der Waals surface area contributed by atoms with Crippen LogP contribution >= 0.6 is 0 Å². The van der Waals surface area contributed by atoms with Gasteiger partial charge in [0.05, 0.1) is 51.8 Å². The standard InChI is InChI=1S/C10H22O3.C4H10O3/c1-5-11-7-9(3)13-8-10(4)12-6-2;5-1-3-7-4-2-6/h9-10H,5-8H2,1-4H3;5-6H,1-4H2. The number of aliphatic hydroxyl groups excluding tert-OH is 2. The Balaban J connectivity index is 0. The highest BCUT2D eigenvalue weighted by atomic mass is 16.6. The molecule has 0 rings (SSSR count). The van der Waals surface area contributed by atoms with E-state index in [-0.39, 0.29) is 25.4 Å². The molecule has 0 bridgehead atoms. The molecular formula is C14H32O6. The molecule has 6 heteroatoms. The highest BCUT2D eigenvalue weighted by Gasteiger charge is 2.05. The first kappa shape index (κ1) is 22.0. The summed E-state index contributed by atoms with van der Waals surface area (Å²) < 4.78 is 20.7. The Morgan fingerprint density at radius 1 is 0.750 bits per heavy atom. The summed E-state index contributed by atoms with van der Waals surface area (Å²) in [5, 5.41) is 16.2. The Morgan fingerprint density at radius 3 is 1.75 bits per heavy atom. The molecule has 0 aliphatic heterocycles. The molecule has 0 aromatic heterocycles. The summed E-state index contributed by atoms with van der Waals surface area (Å²) >= 11 is 0. The molecule has 0 saturated carbocycles. The van der Waals surface area contributed by atoms with Gasteiger partial charge < -0.3 is 29.2 Å². The summed E-state index contributed by atoms with van der Waals surface area (Å²) in [7, 11) is 0. The van der Waals surface area contributed by atoms with Crippen LogP contribution in [-0.2, 0) is 18.9 Å². The SMILES string of the molecule is CCOCC(C)OCC(C)OCC.OCCOCCO. The summed E-state index contributed by atoms with van der Waals surface area (Å²) in [6.45, 7) is 11.5. The normalized spacial score (nSPS) is 13.5. The van der Waals surface area contributed by atoms with Crippen LogP contribution in [0.2, 0.25) is 0 Å². The summed E-state index contributed by atoms with van der Waals surface area (Å²) in [6.07, 6.45) is 0.330. The fourth-order valence-electron chi connectivity index (χ4n) is 1.20. The van der Waals surface area contributed by atoms with Crippen LogP contribution in [0.3, 0.4) is 0 Å². The van der Waals surface area contributed by atoms with Crippen molar-refractivity contribution < 1.29 is 29.2 Å². The van der Waals surface area contributed by atoms with E-state index in [9.17, 15) is 0 Å². The van der Waals surface area contributed by atoms with Gasteiger partial charge in [-0.2, -0.15) is 0 Å². The van der Waals surface area contributed by atoms with Crippen LogP contribution in [0.4, 0.5) is 0 Å². The minimum absolute atomic E-state index is 0.0278. The molecular weight excluding hydrogens is 264 g/mol. The van der Waals surface area contributed by atoms with Crippen LogP contribution in [0.15, 0.2) is 0 Å². The van der Waals surface area contributed by atoms with Gasteiger partial charge in [0, 0.05) is 13.2 Å². The highest BCUT2D eigenvalue weighted by Crippen LogP contribution is 1.97. The number of aliphatic hydroxyl groups is 2. The molecule has 0 radical (unpaired) electrons. The fourth-order valence-corrected chi connectivity index (χ4v) is 1.20. The lowest BCUT2D eigenvalue weighted by Gasteiger charge is -2.16. The van der Waals surface area contributed by atoms with Crippen LogP contribution in [-0.4, -0.2) is 75.3 Å². The largest absolute Gasteiger partial charge is 0.394 e. The molecule has 124 valence electrons. The fraction of sp³-hybridized carbons (Fsp3) is 1.00. The third-order valence-electron chi connectivity index (χ3n) is 2.09. The van der Waals surface area contributed by atoms with E-state index in [1.165, 1.54) is 0 Å². The Bertz CT molecular complexity index is 164. The third-order valence-corrected chi connectivity index (χ3v) is 2.09. The number of ether oxygens (including phenoxy) is 4. The molecule has 2 atom stereocenters. The van der Waals surface area contributed by atoms with Gasteiger partial charge in [0.1, 0.15) is 0 Å². The molecule has 2 N–H and O–H groups in total. The highest BCUT2D eigenvalue weighted by molar-refractivity contribution is 4.51. The van der Waals surface area contributed by atoms with Gasteiger partial charge in [-0.05, 0) is 27.7 Å². The maximum atomic E-state index is 8.09. The predicted molar refractivity (Wildman–Crippen MR) is 78.0 cm³/mol. The van der Waals surface area contributed by atoms with Gasteiger partial charge in [-0.25, -0.2) is 0 Å². The van der Waals surface area contributed by atoms with Crippen molar-refractivity contribution in [3.63, 3.8) is 0 Å². The van der Waals surface area contributed by atoms with Gasteiger partial charge in [0.2, 0.25) is 0 Å². The van der Waals surface area contributed by atoms with Crippen molar-refractivity contribution in [1.82, 2.24) is 0 Å². The molecule has 0 spiro atoms. The predicted octanol–water partition coefficient (Wildman–Crippen LogP) is 0.841. The molecule has 0 saturated heterocycles. The average Bonchev–Trinajstić information content (AvgIpc) is 2.44. The van der Waals surface area contributed by atoms with E-state index in [1.807, 2.05) is 27.7 Å². The van der Waals surface area contributed by atoms with Crippen molar-refractivity contribution in [3.8, 4) is 0 Å². The molecule has 0 aliphatic rings. The van der Waals surface area contributed by atoms with E-state index < -0.39 is 0 Å². The monoisotopic (exact) mass is 296 g/mol. The lowest BCUT2D eigenvalue weighted by atomic mass is 10.4. The van der Waals surface area contributed by atoms with Gasteiger partial charge >= 0.3 is 0 Å². The van der Waals surface area contributed by atoms with Gasteiger partial charge in [0.25, 0.3) is 0 Å². The van der Waals surface area contributed by atoms with E-state index in [1.54, 1.807) is 0 Å². The second kappa shape index (κ2) is 18.8. The molecule has 0 aromatic rings. The second-order valence-corrected chi connectivity index (χ2v) is 4.13. The van der Waals surface area contributed by atoms with Crippen LogP contribution in [0.5, 0.6) is 0 Å². The lowest BCUT2D eigenvalue weighted by Crippen LogP contribution is -2.23. The molecule has 2 unspecified atom stereocenters. The smallest absolute Gasteiger partial charge is 0.0781 e. The zero-order chi connectivity index (χ0) is 15.6. The first-order chi connectivity index (χ1) is 9.62. The van der Waals surface area contributed by atoms with E-state index in [0.717, 1.165) is 13.2 Å². The van der Waals surface area contributed by atoms with Crippen molar-refractivity contribution in [3.05, 3.63) is 0 Å². The molecule has 0 heterocycles. The molecule has 0 aliphatic carbocycles. The minimum atomic E-state index is 0.0278. The first-order valence-electron chi connectivity index (χ1n) is 7.22. The van der Waals surface area contributed by atoms with Gasteiger partial charge in [-0.1, -0.05) is 0 Å². The van der Waals surface area contributed by atoms with Crippen molar-refractivity contribution >= 4 is 0 Å². The van der Waals surface area contributed by atoms with Crippen molar-refractivity contribution in [1.29, 1.82) is 0 Å². The van der Waals surface area contributed by atoms with Crippen LogP contribution in [0.25, 0.3) is 0 Å². The summed E-state index contributed by atoms with van der Waals surface area (Å²) in [5.41, 5.74) is 0. The topological polar surface area (TPSA) is 77.4 Å². The van der Waals surface area contributed by atoms with E-state index in [4.69, 9.17) is 24.4 Å². The quantitative estimate of drug-likeness (QED) is 0.520. The van der Waals surface area contributed by atoms with Gasteiger partial charge in [0.15, 0.2) is 0 Å². The van der Waals surface area contributed by atoms with Crippen LogP contribution < -0.4 is 0 Å². The zero-order valence-electron chi connectivity index (χ0n) is 13.3. The van der Waals surface area contributed by atoms with E-state index in [0.29, 0.717) is 26.4 Å². The zero-order valence-corrected chi connectivity index (χ0v) is 13.3. The minimum Gasteiger partial charge on any atom is -0.394 e. The maximum Gasteiger partial charge on any atom is 0.0781 e. The van der Waals surface area contributed by atoms with Gasteiger partial charge in [-0.3, -0.25) is 0 Å². The Kier molecular flexibility index (Phi) is 20.7. The molecule has 0 aromatic carbocycles. The van der Waals surface area contributed by atoms with Crippen LogP contribution in [0, 0.1) is 0 Å². The van der Waals surface area contributed by atoms with Crippen molar-refractivity contribution in [2.75, 3.05) is 52.9 Å². The number of hydrogen-bond donors (Lipinski definition) is 2. The van der Waals surface area contributed by atoms with E-state index >= 15 is 0 Å². The van der Waals surface area contributed by atoms with Crippen molar-refractivity contribution in [2.45, 2.75) is 39.9 Å². The van der Waals surface area contributed by atoms with E-state index in [2.05, 4.69) is 4.74 Å². The van der Waals surface area contributed by atoms with Crippen molar-refractivity contribution in [2.24, 2.45) is 0 Å². The molecule has 20 heavy (non-hydrogen) atoms. The Morgan fingerprint density at radius 2 is 1.30 bits per heavy atom. The number of rotatable bonds is 12. The maximum absolute atomic E-state index is 8.09. The molecule has 6 nitrogen and oxygen atoms in total. The Labute approximate surface area is 123 Å². The molecule has 0 fully saturated rings. The number of hydrogen-bond acceptors (Lipinski definition) is 6. The van der Waals surface area contributed by atoms with Gasteiger partial charge in [-0.15, -0.1) is 0 Å². The first-order valence-corrected chi connectivity index (χ1v) is 7.22. The summed E-state index contributed by atoms with van der Waals surface area (Å²) in [4.78, 5) is 0. The third kappa shape index (κ3) is 20.1. The van der Waals surface area contributed by atoms with Crippen LogP contribution in [0.1, 0.15) is 27.7 Å². The lowest BCUT2D eigenvalue weighted by molar-refractivity contribution is -0.0533.